The number of aromatic nitrogens is 2. The molecule has 0 aliphatic carbocycles. The van der Waals surface area contributed by atoms with Crippen molar-refractivity contribution >= 4 is 11.6 Å². The van der Waals surface area contributed by atoms with Crippen LogP contribution >= 0.6 is 0 Å². The number of hydrogen-bond acceptors (Lipinski definition) is 3. The van der Waals surface area contributed by atoms with Crippen LogP contribution in [0.3, 0.4) is 0 Å². The molecule has 0 unspecified atom stereocenters. The van der Waals surface area contributed by atoms with Gasteiger partial charge in [-0.1, -0.05) is 13.3 Å². The number of carbonyl (C=O) groups is 1. The Labute approximate surface area is 83.3 Å². The van der Waals surface area contributed by atoms with E-state index in [1.807, 2.05) is 6.92 Å². The van der Waals surface area contributed by atoms with Crippen LogP contribution in [0.4, 0.5) is 5.69 Å². The quantitative estimate of drug-likeness (QED) is 0.736. The van der Waals surface area contributed by atoms with Gasteiger partial charge in [-0.25, -0.2) is 0 Å². The molecule has 14 heavy (non-hydrogen) atoms. The summed E-state index contributed by atoms with van der Waals surface area (Å²) in [6.45, 7) is 2.00. The minimum atomic E-state index is -0.430. The number of carbonyl (C=O) groups excluding carboxylic acids is 1. The lowest BCUT2D eigenvalue weighted by atomic mass is 10.2. The van der Waals surface area contributed by atoms with Gasteiger partial charge in [0.25, 0.3) is 0 Å². The molecule has 1 atom stereocenters. The van der Waals surface area contributed by atoms with Crippen molar-refractivity contribution in [2.45, 2.75) is 25.8 Å². The maximum Gasteiger partial charge on any atom is 0.241 e. The fraction of sp³-hybridized carbons (Fsp3) is 0.556. The van der Waals surface area contributed by atoms with Crippen molar-refractivity contribution in [1.29, 1.82) is 0 Å². The zero-order chi connectivity index (χ0) is 10.6. The van der Waals surface area contributed by atoms with Crippen molar-refractivity contribution in [2.24, 2.45) is 12.8 Å². The van der Waals surface area contributed by atoms with Gasteiger partial charge < -0.3 is 11.1 Å². The molecule has 3 N–H and O–H groups in total. The number of nitrogens with two attached hydrogens (primary N) is 1. The van der Waals surface area contributed by atoms with E-state index >= 15 is 0 Å². The Morgan fingerprint density at radius 1 is 1.79 bits per heavy atom. The molecular weight excluding hydrogens is 180 g/mol. The lowest BCUT2D eigenvalue weighted by Crippen LogP contribution is -2.35. The molecule has 0 aliphatic heterocycles. The second-order valence-electron chi connectivity index (χ2n) is 3.29. The highest BCUT2D eigenvalue weighted by Gasteiger charge is 2.12. The fourth-order valence-electron chi connectivity index (χ4n) is 1.16. The standard InChI is InChI=1S/C9H16N4O/c1-3-4-8(10)9(14)12-7-5-11-13(2)6-7/h5-6,8H,3-4,10H2,1-2H3,(H,12,14)/t8-/m1/s1. The SMILES string of the molecule is CCC[C@@H](N)C(=O)Nc1cnn(C)c1. The normalized spacial score (nSPS) is 12.5. The van der Waals surface area contributed by atoms with E-state index in [9.17, 15) is 4.79 Å². The van der Waals surface area contributed by atoms with E-state index in [2.05, 4.69) is 10.4 Å². The van der Waals surface area contributed by atoms with Crippen LogP contribution in [0.15, 0.2) is 12.4 Å². The van der Waals surface area contributed by atoms with Gasteiger partial charge in [-0.3, -0.25) is 9.48 Å². The monoisotopic (exact) mass is 196 g/mol. The van der Waals surface area contributed by atoms with Crippen molar-refractivity contribution in [2.75, 3.05) is 5.32 Å². The predicted molar refractivity (Wildman–Crippen MR) is 54.7 cm³/mol. The van der Waals surface area contributed by atoms with Crippen LogP contribution in [0, 0.1) is 0 Å². The zero-order valence-corrected chi connectivity index (χ0v) is 8.53. The van der Waals surface area contributed by atoms with Crippen molar-refractivity contribution in [3.05, 3.63) is 12.4 Å². The summed E-state index contributed by atoms with van der Waals surface area (Å²) in [7, 11) is 1.79. The molecule has 0 aromatic carbocycles. The number of rotatable bonds is 4. The fourth-order valence-corrected chi connectivity index (χ4v) is 1.16. The highest BCUT2D eigenvalue weighted by molar-refractivity contribution is 5.94. The third-order valence-corrected chi connectivity index (χ3v) is 1.91. The first-order valence-electron chi connectivity index (χ1n) is 4.68. The minimum Gasteiger partial charge on any atom is -0.322 e. The largest absolute Gasteiger partial charge is 0.322 e. The van der Waals surface area contributed by atoms with Crippen LogP contribution in [-0.2, 0) is 11.8 Å². The summed E-state index contributed by atoms with van der Waals surface area (Å²) < 4.78 is 1.63. The third-order valence-electron chi connectivity index (χ3n) is 1.91. The van der Waals surface area contributed by atoms with E-state index in [-0.39, 0.29) is 5.91 Å². The smallest absolute Gasteiger partial charge is 0.241 e. The van der Waals surface area contributed by atoms with Crippen LogP contribution in [-0.4, -0.2) is 21.7 Å². The van der Waals surface area contributed by atoms with Crippen LogP contribution < -0.4 is 11.1 Å². The predicted octanol–water partition coefficient (Wildman–Crippen LogP) is 0.486. The van der Waals surface area contributed by atoms with Crippen LogP contribution in [0.2, 0.25) is 0 Å². The van der Waals surface area contributed by atoms with Gasteiger partial charge in [0, 0.05) is 13.2 Å². The molecule has 0 aliphatic rings. The molecule has 1 aromatic rings. The lowest BCUT2D eigenvalue weighted by Gasteiger charge is -2.09. The van der Waals surface area contributed by atoms with Gasteiger partial charge in [0.2, 0.25) is 5.91 Å². The molecule has 5 nitrogen and oxygen atoms in total. The molecule has 1 heterocycles. The number of nitrogens with zero attached hydrogens (tertiary/aromatic N) is 2. The Morgan fingerprint density at radius 3 is 3.00 bits per heavy atom. The highest BCUT2D eigenvalue weighted by Crippen LogP contribution is 2.04. The van der Waals surface area contributed by atoms with E-state index < -0.39 is 6.04 Å². The Kier molecular flexibility index (Phi) is 3.64. The topological polar surface area (TPSA) is 72.9 Å². The first-order chi connectivity index (χ1) is 6.63. The van der Waals surface area contributed by atoms with Crippen LogP contribution in [0.5, 0.6) is 0 Å². The van der Waals surface area contributed by atoms with Crippen LogP contribution in [0.25, 0.3) is 0 Å². The van der Waals surface area contributed by atoms with E-state index in [0.717, 1.165) is 6.42 Å². The first kappa shape index (κ1) is 10.7. The molecule has 0 fully saturated rings. The second kappa shape index (κ2) is 4.76. The Balaban J connectivity index is 2.48. The molecule has 78 valence electrons. The maximum absolute atomic E-state index is 11.4. The molecular formula is C9H16N4O. The molecule has 0 spiro atoms. The second-order valence-corrected chi connectivity index (χ2v) is 3.29. The van der Waals surface area contributed by atoms with Crippen molar-refractivity contribution in [3.63, 3.8) is 0 Å². The van der Waals surface area contributed by atoms with Crippen molar-refractivity contribution in [1.82, 2.24) is 9.78 Å². The molecule has 1 aromatic heterocycles. The van der Waals surface area contributed by atoms with E-state index in [1.54, 1.807) is 24.1 Å². The zero-order valence-electron chi connectivity index (χ0n) is 8.53. The maximum atomic E-state index is 11.4. The van der Waals surface area contributed by atoms with E-state index in [1.165, 1.54) is 0 Å². The van der Waals surface area contributed by atoms with Crippen molar-refractivity contribution < 1.29 is 4.79 Å². The Hall–Kier alpha value is -1.36. The molecule has 0 saturated carbocycles. The van der Waals surface area contributed by atoms with Gasteiger partial charge >= 0.3 is 0 Å². The summed E-state index contributed by atoms with van der Waals surface area (Å²) in [6, 6.07) is -0.430. The molecule has 0 bridgehead atoms. The average Bonchev–Trinajstić information content (AvgIpc) is 2.51. The van der Waals surface area contributed by atoms with Gasteiger partial charge in [0.05, 0.1) is 17.9 Å². The lowest BCUT2D eigenvalue weighted by molar-refractivity contribution is -0.117. The summed E-state index contributed by atoms with van der Waals surface area (Å²) in [5.41, 5.74) is 6.33. The first-order valence-corrected chi connectivity index (χ1v) is 4.68. The van der Waals surface area contributed by atoms with Gasteiger partial charge in [-0.05, 0) is 6.42 Å². The Morgan fingerprint density at radius 2 is 2.50 bits per heavy atom. The molecule has 5 heteroatoms. The number of anilines is 1. The molecule has 0 radical (unpaired) electrons. The van der Waals surface area contributed by atoms with Gasteiger partial charge in [-0.15, -0.1) is 0 Å². The third kappa shape index (κ3) is 2.85. The average molecular weight is 196 g/mol. The van der Waals surface area contributed by atoms with Crippen molar-refractivity contribution in [3.8, 4) is 0 Å². The summed E-state index contributed by atoms with van der Waals surface area (Å²) in [5.74, 6) is -0.153. The molecule has 1 rings (SSSR count). The summed E-state index contributed by atoms with van der Waals surface area (Å²) >= 11 is 0. The number of nitrogens with one attached hydrogen (secondary N) is 1. The van der Waals surface area contributed by atoms with Gasteiger partial charge in [0.15, 0.2) is 0 Å². The number of amides is 1. The van der Waals surface area contributed by atoms with E-state index in [0.29, 0.717) is 12.1 Å². The number of aryl methyl sites for hydroxylation is 1. The van der Waals surface area contributed by atoms with E-state index in [4.69, 9.17) is 5.73 Å². The highest BCUT2D eigenvalue weighted by atomic mass is 16.2. The molecule has 1 amide bonds. The summed E-state index contributed by atoms with van der Waals surface area (Å²) in [6.07, 6.45) is 4.93. The summed E-state index contributed by atoms with van der Waals surface area (Å²) in [4.78, 5) is 11.4. The molecule has 0 saturated heterocycles. The van der Waals surface area contributed by atoms with Crippen LogP contribution in [0.1, 0.15) is 19.8 Å². The Bertz CT molecular complexity index is 308. The number of hydrogen-bond donors (Lipinski definition) is 2. The minimum absolute atomic E-state index is 0.153. The van der Waals surface area contributed by atoms with Gasteiger partial charge in [-0.2, -0.15) is 5.10 Å². The van der Waals surface area contributed by atoms with Gasteiger partial charge in [0.1, 0.15) is 0 Å². The summed E-state index contributed by atoms with van der Waals surface area (Å²) in [5, 5.41) is 6.64.